The van der Waals surface area contributed by atoms with E-state index >= 15 is 0 Å². The molecule has 0 aliphatic carbocycles. The van der Waals surface area contributed by atoms with Gasteiger partial charge in [-0.1, -0.05) is 0 Å². The summed E-state index contributed by atoms with van der Waals surface area (Å²) < 4.78 is 5.17. The Balaban J connectivity index is 2.39. The van der Waals surface area contributed by atoms with Crippen LogP contribution in [0.3, 0.4) is 0 Å². The maximum atomic E-state index is 11.6. The summed E-state index contributed by atoms with van der Waals surface area (Å²) in [6.07, 6.45) is 1.51. The van der Waals surface area contributed by atoms with Gasteiger partial charge in [-0.15, -0.1) is 0 Å². The van der Waals surface area contributed by atoms with Crippen LogP contribution in [0.4, 0.5) is 5.95 Å². The monoisotopic (exact) mass is 233 g/mol. The molecule has 5 N–H and O–H groups in total. The topological polar surface area (TPSA) is 120 Å². The van der Waals surface area contributed by atoms with Gasteiger partial charge < -0.3 is 21.2 Å². The van der Waals surface area contributed by atoms with Gasteiger partial charge in [0.1, 0.15) is 11.4 Å². The fourth-order valence-corrected chi connectivity index (χ4v) is 1.32. The van der Waals surface area contributed by atoms with E-state index < -0.39 is 5.91 Å². The third kappa shape index (κ3) is 2.40. The first-order valence-electron chi connectivity index (χ1n) is 4.87. The molecule has 0 atom stereocenters. The van der Waals surface area contributed by atoms with E-state index in [1.807, 2.05) is 0 Å². The molecule has 0 fully saturated rings. The first kappa shape index (κ1) is 11.1. The third-order valence-corrected chi connectivity index (χ3v) is 2.01. The summed E-state index contributed by atoms with van der Waals surface area (Å²) in [5, 5.41) is 2.42. The highest BCUT2D eigenvalue weighted by Gasteiger charge is 2.12. The standard InChI is InChI=1S/C10H11N5O2/c11-5-13-9(16)7-4-6(14-10(12)15-7)8-2-1-3-17-8/h1-4H,5,11H2,(H,13,16)(H2,12,14,15). The number of aromatic nitrogens is 2. The molecule has 2 aromatic rings. The molecule has 2 rings (SSSR count). The van der Waals surface area contributed by atoms with Crippen LogP contribution in [-0.2, 0) is 0 Å². The SMILES string of the molecule is NCNC(=O)c1cc(-c2ccco2)nc(N)n1. The molecular weight excluding hydrogens is 222 g/mol. The van der Waals surface area contributed by atoms with Crippen LogP contribution in [0.2, 0.25) is 0 Å². The van der Waals surface area contributed by atoms with Crippen molar-refractivity contribution in [3.8, 4) is 11.5 Å². The van der Waals surface area contributed by atoms with Crippen LogP contribution in [0.25, 0.3) is 11.5 Å². The normalized spacial score (nSPS) is 10.2. The van der Waals surface area contributed by atoms with Gasteiger partial charge in [0.2, 0.25) is 5.95 Å². The molecule has 0 unspecified atom stereocenters. The number of hydrogen-bond acceptors (Lipinski definition) is 6. The van der Waals surface area contributed by atoms with E-state index in [4.69, 9.17) is 15.9 Å². The van der Waals surface area contributed by atoms with E-state index in [0.717, 1.165) is 0 Å². The number of hydrogen-bond donors (Lipinski definition) is 3. The molecule has 0 saturated heterocycles. The molecule has 7 heteroatoms. The molecule has 0 radical (unpaired) electrons. The van der Waals surface area contributed by atoms with Crippen molar-refractivity contribution in [3.05, 3.63) is 30.2 Å². The number of nitrogens with two attached hydrogens (primary N) is 2. The number of rotatable bonds is 3. The summed E-state index contributed by atoms with van der Waals surface area (Å²) in [4.78, 5) is 19.4. The average molecular weight is 233 g/mol. The minimum atomic E-state index is -0.408. The van der Waals surface area contributed by atoms with Gasteiger partial charge in [0.05, 0.1) is 12.9 Å². The zero-order chi connectivity index (χ0) is 12.3. The van der Waals surface area contributed by atoms with Crippen LogP contribution in [0.15, 0.2) is 28.9 Å². The second kappa shape index (κ2) is 4.62. The second-order valence-electron chi connectivity index (χ2n) is 3.18. The van der Waals surface area contributed by atoms with E-state index in [1.165, 1.54) is 12.3 Å². The highest BCUT2D eigenvalue weighted by molar-refractivity contribution is 5.93. The fourth-order valence-electron chi connectivity index (χ4n) is 1.32. The van der Waals surface area contributed by atoms with E-state index in [1.54, 1.807) is 12.1 Å². The second-order valence-corrected chi connectivity index (χ2v) is 3.18. The van der Waals surface area contributed by atoms with Gasteiger partial charge in [0.15, 0.2) is 5.76 Å². The lowest BCUT2D eigenvalue weighted by Gasteiger charge is -2.04. The molecule has 2 aromatic heterocycles. The molecule has 0 aliphatic rings. The van der Waals surface area contributed by atoms with E-state index in [0.29, 0.717) is 11.5 Å². The molecule has 88 valence electrons. The van der Waals surface area contributed by atoms with Crippen molar-refractivity contribution in [1.82, 2.24) is 15.3 Å². The predicted molar refractivity (Wildman–Crippen MR) is 60.7 cm³/mol. The molecule has 0 aliphatic heterocycles. The number of amides is 1. The quantitative estimate of drug-likeness (QED) is 0.640. The maximum Gasteiger partial charge on any atom is 0.271 e. The van der Waals surface area contributed by atoms with Gasteiger partial charge in [-0.2, -0.15) is 0 Å². The number of nitrogens with zero attached hydrogens (tertiary/aromatic N) is 2. The lowest BCUT2D eigenvalue weighted by Crippen LogP contribution is -2.30. The van der Waals surface area contributed by atoms with Crippen molar-refractivity contribution in [3.63, 3.8) is 0 Å². The van der Waals surface area contributed by atoms with E-state index in [9.17, 15) is 4.79 Å². The Morgan fingerprint density at radius 2 is 2.29 bits per heavy atom. The molecule has 17 heavy (non-hydrogen) atoms. The summed E-state index contributed by atoms with van der Waals surface area (Å²) in [6, 6.07) is 4.92. The van der Waals surface area contributed by atoms with Gasteiger partial charge in [-0.25, -0.2) is 9.97 Å². The molecule has 0 spiro atoms. The Morgan fingerprint density at radius 3 is 2.94 bits per heavy atom. The summed E-state index contributed by atoms with van der Waals surface area (Å²) in [6.45, 7) is 0.0266. The van der Waals surface area contributed by atoms with Crippen LogP contribution in [0.5, 0.6) is 0 Å². The molecule has 2 heterocycles. The lowest BCUT2D eigenvalue weighted by molar-refractivity contribution is 0.0950. The summed E-state index contributed by atoms with van der Waals surface area (Å²) in [5.41, 5.74) is 11.3. The number of carbonyl (C=O) groups excluding carboxylic acids is 1. The Morgan fingerprint density at radius 1 is 1.47 bits per heavy atom. The van der Waals surface area contributed by atoms with E-state index in [-0.39, 0.29) is 18.3 Å². The summed E-state index contributed by atoms with van der Waals surface area (Å²) >= 11 is 0. The Labute approximate surface area is 96.8 Å². The number of nitrogens with one attached hydrogen (secondary N) is 1. The Hall–Kier alpha value is -2.41. The lowest BCUT2D eigenvalue weighted by atomic mass is 10.2. The van der Waals surface area contributed by atoms with Crippen LogP contribution in [0.1, 0.15) is 10.5 Å². The smallest absolute Gasteiger partial charge is 0.271 e. The van der Waals surface area contributed by atoms with Crippen molar-refractivity contribution in [2.75, 3.05) is 12.4 Å². The molecule has 0 aromatic carbocycles. The largest absolute Gasteiger partial charge is 0.463 e. The van der Waals surface area contributed by atoms with Crippen molar-refractivity contribution in [1.29, 1.82) is 0 Å². The van der Waals surface area contributed by atoms with Gasteiger partial charge in [-0.3, -0.25) is 4.79 Å². The first-order chi connectivity index (χ1) is 8.20. The predicted octanol–water partition coefficient (Wildman–Crippen LogP) is -0.0352. The van der Waals surface area contributed by atoms with Gasteiger partial charge in [-0.05, 0) is 18.2 Å². The van der Waals surface area contributed by atoms with Crippen LogP contribution in [-0.4, -0.2) is 22.5 Å². The molecular formula is C10H11N5O2. The number of anilines is 1. The minimum absolute atomic E-state index is 0.000992. The number of nitrogen functional groups attached to an aromatic ring is 1. The zero-order valence-electron chi connectivity index (χ0n) is 8.88. The maximum absolute atomic E-state index is 11.6. The Kier molecular flexibility index (Phi) is 3.01. The fraction of sp³-hybridized carbons (Fsp3) is 0.100. The van der Waals surface area contributed by atoms with Crippen molar-refractivity contribution in [2.24, 2.45) is 5.73 Å². The van der Waals surface area contributed by atoms with Crippen LogP contribution in [0, 0.1) is 0 Å². The first-order valence-corrected chi connectivity index (χ1v) is 4.87. The zero-order valence-corrected chi connectivity index (χ0v) is 8.88. The van der Waals surface area contributed by atoms with Gasteiger partial charge >= 0.3 is 0 Å². The van der Waals surface area contributed by atoms with Crippen molar-refractivity contribution < 1.29 is 9.21 Å². The Bertz CT molecular complexity index is 523. The van der Waals surface area contributed by atoms with Crippen LogP contribution >= 0.6 is 0 Å². The molecule has 1 amide bonds. The average Bonchev–Trinajstić information content (AvgIpc) is 2.82. The number of furan rings is 1. The minimum Gasteiger partial charge on any atom is -0.463 e. The van der Waals surface area contributed by atoms with Crippen molar-refractivity contribution >= 4 is 11.9 Å². The van der Waals surface area contributed by atoms with Crippen LogP contribution < -0.4 is 16.8 Å². The van der Waals surface area contributed by atoms with Crippen molar-refractivity contribution in [2.45, 2.75) is 0 Å². The number of carbonyl (C=O) groups is 1. The summed E-state index contributed by atoms with van der Waals surface area (Å²) in [5.74, 6) is 0.108. The summed E-state index contributed by atoms with van der Waals surface area (Å²) in [7, 11) is 0. The van der Waals surface area contributed by atoms with Gasteiger partial charge in [0.25, 0.3) is 5.91 Å². The highest BCUT2D eigenvalue weighted by atomic mass is 16.3. The molecule has 0 saturated carbocycles. The van der Waals surface area contributed by atoms with Gasteiger partial charge in [0, 0.05) is 0 Å². The highest BCUT2D eigenvalue weighted by Crippen LogP contribution is 2.18. The van der Waals surface area contributed by atoms with E-state index in [2.05, 4.69) is 15.3 Å². The molecule has 0 bridgehead atoms. The third-order valence-electron chi connectivity index (χ3n) is 2.01. The molecule has 7 nitrogen and oxygen atoms in total.